The molecule has 1 aromatic heterocycles. The van der Waals surface area contributed by atoms with E-state index in [9.17, 15) is 4.79 Å². The molecule has 2 aromatic carbocycles. The lowest BCUT2D eigenvalue weighted by Gasteiger charge is -2.08. The van der Waals surface area contributed by atoms with Gasteiger partial charge in [-0.25, -0.2) is 0 Å². The summed E-state index contributed by atoms with van der Waals surface area (Å²) in [5, 5.41) is 2.83. The van der Waals surface area contributed by atoms with Gasteiger partial charge < -0.3 is 14.5 Å². The Morgan fingerprint density at radius 2 is 1.72 bits per heavy atom. The highest BCUT2D eigenvalue weighted by molar-refractivity contribution is 5.94. The van der Waals surface area contributed by atoms with E-state index in [-0.39, 0.29) is 5.91 Å². The molecule has 4 nitrogen and oxygen atoms in total. The molecule has 0 aliphatic rings. The van der Waals surface area contributed by atoms with Crippen LogP contribution in [0.3, 0.4) is 0 Å². The third kappa shape index (κ3) is 4.73. The van der Waals surface area contributed by atoms with Crippen LogP contribution in [-0.4, -0.2) is 5.91 Å². The monoisotopic (exact) mass is 335 g/mol. The molecule has 0 bridgehead atoms. The van der Waals surface area contributed by atoms with Crippen molar-refractivity contribution >= 4 is 5.91 Å². The van der Waals surface area contributed by atoms with E-state index < -0.39 is 0 Å². The van der Waals surface area contributed by atoms with Crippen molar-refractivity contribution in [1.29, 1.82) is 0 Å². The van der Waals surface area contributed by atoms with Crippen LogP contribution >= 0.6 is 0 Å². The summed E-state index contributed by atoms with van der Waals surface area (Å²) in [6.07, 6.45) is 2.61. The van der Waals surface area contributed by atoms with Crippen molar-refractivity contribution in [3.8, 4) is 5.75 Å². The maximum atomic E-state index is 12.1. The van der Waals surface area contributed by atoms with Crippen LogP contribution in [0.1, 0.15) is 34.2 Å². The molecule has 1 heterocycles. The second-order valence-electron chi connectivity index (χ2n) is 5.75. The first-order valence-electron chi connectivity index (χ1n) is 8.36. The molecular weight excluding hydrogens is 314 g/mol. The van der Waals surface area contributed by atoms with Crippen LogP contribution in [0.15, 0.2) is 71.3 Å². The van der Waals surface area contributed by atoms with E-state index in [0.717, 1.165) is 23.5 Å². The van der Waals surface area contributed by atoms with Gasteiger partial charge in [0, 0.05) is 5.56 Å². The summed E-state index contributed by atoms with van der Waals surface area (Å²) in [5.41, 5.74) is 2.92. The summed E-state index contributed by atoms with van der Waals surface area (Å²) in [6.45, 7) is 2.98. The number of ether oxygens (including phenoxy) is 1. The highest BCUT2D eigenvalue weighted by Gasteiger charge is 2.06. The normalized spacial score (nSPS) is 10.4. The summed E-state index contributed by atoms with van der Waals surface area (Å²) in [5.74, 6) is 1.45. The zero-order chi connectivity index (χ0) is 17.5. The molecule has 3 rings (SSSR count). The maximum Gasteiger partial charge on any atom is 0.251 e. The second-order valence-corrected chi connectivity index (χ2v) is 5.75. The molecule has 128 valence electrons. The van der Waals surface area contributed by atoms with Crippen molar-refractivity contribution < 1.29 is 13.9 Å². The van der Waals surface area contributed by atoms with Crippen molar-refractivity contribution in [3.05, 3.63) is 89.4 Å². The van der Waals surface area contributed by atoms with Crippen molar-refractivity contribution in [2.24, 2.45) is 0 Å². The van der Waals surface area contributed by atoms with Gasteiger partial charge in [0.05, 0.1) is 12.8 Å². The predicted molar refractivity (Wildman–Crippen MR) is 96.5 cm³/mol. The first kappa shape index (κ1) is 16.8. The fourth-order valence-corrected chi connectivity index (χ4v) is 2.42. The number of benzene rings is 2. The van der Waals surface area contributed by atoms with Crippen LogP contribution in [0, 0.1) is 0 Å². The molecule has 1 amide bonds. The number of hydrogen-bond acceptors (Lipinski definition) is 3. The third-order valence-corrected chi connectivity index (χ3v) is 3.96. The molecule has 0 aliphatic carbocycles. The number of aryl methyl sites for hydroxylation is 1. The number of nitrogens with one attached hydrogen (secondary N) is 1. The maximum absolute atomic E-state index is 12.1. The van der Waals surface area contributed by atoms with Gasteiger partial charge in [-0.2, -0.15) is 0 Å². The van der Waals surface area contributed by atoms with E-state index in [4.69, 9.17) is 9.15 Å². The van der Waals surface area contributed by atoms with Crippen LogP contribution < -0.4 is 10.1 Å². The summed E-state index contributed by atoms with van der Waals surface area (Å²) < 4.78 is 11.0. The Kier molecular flexibility index (Phi) is 5.52. The largest absolute Gasteiger partial charge is 0.489 e. The smallest absolute Gasteiger partial charge is 0.251 e. The molecule has 1 N–H and O–H groups in total. The Bertz CT molecular complexity index is 790. The molecule has 0 fully saturated rings. The van der Waals surface area contributed by atoms with E-state index in [0.29, 0.717) is 18.7 Å². The Labute approximate surface area is 147 Å². The minimum Gasteiger partial charge on any atom is -0.489 e. The van der Waals surface area contributed by atoms with Gasteiger partial charge in [-0.1, -0.05) is 31.2 Å². The summed E-state index contributed by atoms with van der Waals surface area (Å²) in [6, 6.07) is 19.1. The number of carbonyl (C=O) groups excluding carboxylic acids is 1. The van der Waals surface area contributed by atoms with Crippen LogP contribution in [0.2, 0.25) is 0 Å². The average Bonchev–Trinajstić information content (AvgIpc) is 3.19. The van der Waals surface area contributed by atoms with Gasteiger partial charge in [0.25, 0.3) is 5.91 Å². The zero-order valence-corrected chi connectivity index (χ0v) is 14.2. The van der Waals surface area contributed by atoms with Gasteiger partial charge in [0.1, 0.15) is 18.1 Å². The average molecular weight is 335 g/mol. The number of rotatable bonds is 7. The zero-order valence-electron chi connectivity index (χ0n) is 14.2. The predicted octanol–water partition coefficient (Wildman–Crippen LogP) is 4.35. The number of hydrogen-bond donors (Lipinski definition) is 1. The highest BCUT2D eigenvalue weighted by Crippen LogP contribution is 2.15. The summed E-state index contributed by atoms with van der Waals surface area (Å²) in [7, 11) is 0. The lowest BCUT2D eigenvalue weighted by Crippen LogP contribution is -2.22. The van der Waals surface area contributed by atoms with Gasteiger partial charge in [-0.3, -0.25) is 4.79 Å². The van der Waals surface area contributed by atoms with Crippen LogP contribution in [-0.2, 0) is 19.6 Å². The Morgan fingerprint density at radius 3 is 2.36 bits per heavy atom. The van der Waals surface area contributed by atoms with Gasteiger partial charge in [-0.15, -0.1) is 0 Å². The molecule has 0 saturated carbocycles. The molecule has 3 aromatic rings. The summed E-state index contributed by atoms with van der Waals surface area (Å²) >= 11 is 0. The molecule has 0 spiro atoms. The molecule has 0 aliphatic heterocycles. The van der Waals surface area contributed by atoms with Gasteiger partial charge in [-0.05, 0) is 53.9 Å². The lowest BCUT2D eigenvalue weighted by molar-refractivity contribution is 0.0948. The number of amides is 1. The van der Waals surface area contributed by atoms with E-state index in [1.165, 1.54) is 5.56 Å². The Morgan fingerprint density at radius 1 is 1.00 bits per heavy atom. The molecule has 0 unspecified atom stereocenters. The highest BCUT2D eigenvalue weighted by atomic mass is 16.5. The van der Waals surface area contributed by atoms with E-state index >= 15 is 0 Å². The van der Waals surface area contributed by atoms with E-state index in [1.54, 1.807) is 24.5 Å². The minimum atomic E-state index is -0.126. The molecular formula is C21H21NO3. The second kappa shape index (κ2) is 8.20. The Balaban J connectivity index is 1.51. The van der Waals surface area contributed by atoms with E-state index in [1.807, 2.05) is 30.3 Å². The standard InChI is InChI=1S/C21H21NO3/c1-2-16-7-11-19(12-8-16)25-15-17-5-9-18(10-6-17)21(23)22-14-20-4-3-13-24-20/h3-13H,2,14-15H2,1H3,(H,22,23). The van der Waals surface area contributed by atoms with Gasteiger partial charge in [0.2, 0.25) is 0 Å². The fourth-order valence-electron chi connectivity index (χ4n) is 2.42. The van der Waals surface area contributed by atoms with Crippen molar-refractivity contribution in [3.63, 3.8) is 0 Å². The van der Waals surface area contributed by atoms with Gasteiger partial charge >= 0.3 is 0 Å². The molecule has 4 heteroatoms. The third-order valence-electron chi connectivity index (χ3n) is 3.96. The number of furan rings is 1. The number of carbonyl (C=O) groups is 1. The van der Waals surface area contributed by atoms with Crippen LogP contribution in [0.4, 0.5) is 0 Å². The van der Waals surface area contributed by atoms with Crippen molar-refractivity contribution in [2.45, 2.75) is 26.5 Å². The molecule has 25 heavy (non-hydrogen) atoms. The molecule has 0 radical (unpaired) electrons. The van der Waals surface area contributed by atoms with Gasteiger partial charge in [0.15, 0.2) is 0 Å². The minimum absolute atomic E-state index is 0.126. The van der Waals surface area contributed by atoms with Crippen LogP contribution in [0.5, 0.6) is 5.75 Å². The lowest BCUT2D eigenvalue weighted by atomic mass is 10.1. The van der Waals surface area contributed by atoms with Crippen molar-refractivity contribution in [2.75, 3.05) is 0 Å². The SMILES string of the molecule is CCc1ccc(OCc2ccc(C(=O)NCc3ccco3)cc2)cc1. The topological polar surface area (TPSA) is 51.5 Å². The van der Waals surface area contributed by atoms with Crippen LogP contribution in [0.25, 0.3) is 0 Å². The first-order valence-corrected chi connectivity index (χ1v) is 8.36. The van der Waals surface area contributed by atoms with E-state index in [2.05, 4.69) is 24.4 Å². The van der Waals surface area contributed by atoms with Crippen molar-refractivity contribution in [1.82, 2.24) is 5.32 Å². The fraction of sp³-hybridized carbons (Fsp3) is 0.190. The Hall–Kier alpha value is -3.01. The molecule has 0 atom stereocenters. The molecule has 0 saturated heterocycles. The quantitative estimate of drug-likeness (QED) is 0.698. The summed E-state index contributed by atoms with van der Waals surface area (Å²) in [4.78, 5) is 12.1. The first-order chi connectivity index (χ1) is 12.2.